The third kappa shape index (κ3) is 6.96. The summed E-state index contributed by atoms with van der Waals surface area (Å²) in [5, 5.41) is 2.78. The summed E-state index contributed by atoms with van der Waals surface area (Å²) >= 11 is 0. The van der Waals surface area contributed by atoms with Gasteiger partial charge in [0, 0.05) is 29.0 Å². The summed E-state index contributed by atoms with van der Waals surface area (Å²) in [6, 6.07) is 13.5. The molecule has 34 heavy (non-hydrogen) atoms. The van der Waals surface area contributed by atoms with E-state index in [9.17, 15) is 18.0 Å². The number of amides is 2. The van der Waals surface area contributed by atoms with Crippen LogP contribution in [-0.2, 0) is 14.8 Å². The van der Waals surface area contributed by atoms with Crippen LogP contribution >= 0.6 is 0 Å². The van der Waals surface area contributed by atoms with Gasteiger partial charge in [-0.25, -0.2) is 8.42 Å². The van der Waals surface area contributed by atoms with E-state index in [-0.39, 0.29) is 36.3 Å². The average Bonchev–Trinajstić information content (AvgIpc) is 2.79. The van der Waals surface area contributed by atoms with E-state index in [1.165, 1.54) is 0 Å². The fourth-order valence-corrected chi connectivity index (χ4v) is 5.29. The zero-order valence-electron chi connectivity index (χ0n) is 19.9. The Bertz CT molecular complexity index is 1070. The molecule has 2 unspecified atom stereocenters. The number of benzene rings is 2. The molecule has 2 amide bonds. The van der Waals surface area contributed by atoms with Crippen LogP contribution in [0.4, 0.5) is 11.4 Å². The third-order valence-corrected chi connectivity index (χ3v) is 7.34. The molecule has 3 rings (SSSR count). The number of hydrogen-bond acceptors (Lipinski definition) is 5. The van der Waals surface area contributed by atoms with Crippen molar-refractivity contribution >= 4 is 33.2 Å². The summed E-state index contributed by atoms with van der Waals surface area (Å²) in [5.41, 5.74) is 1.42. The number of rotatable bonds is 9. The Balaban J connectivity index is 1.52. The zero-order chi connectivity index (χ0) is 24.7. The lowest BCUT2D eigenvalue weighted by Gasteiger charge is -2.38. The Morgan fingerprint density at radius 2 is 1.56 bits per heavy atom. The zero-order valence-corrected chi connectivity index (χ0v) is 20.7. The first-order chi connectivity index (χ1) is 16.2. The highest BCUT2D eigenvalue weighted by Gasteiger charge is 2.29. The van der Waals surface area contributed by atoms with Gasteiger partial charge in [0.05, 0.1) is 5.75 Å². The van der Waals surface area contributed by atoms with Gasteiger partial charge in [-0.05, 0) is 88.1 Å². The molecule has 0 bridgehead atoms. The molecule has 1 fully saturated rings. The molecule has 1 aliphatic heterocycles. The minimum Gasteiger partial charge on any atom is -0.484 e. The third-order valence-electron chi connectivity index (χ3n) is 5.85. The molecule has 2 atom stereocenters. The van der Waals surface area contributed by atoms with Gasteiger partial charge < -0.3 is 15.0 Å². The first kappa shape index (κ1) is 25.6. The highest BCUT2D eigenvalue weighted by Crippen LogP contribution is 2.23. The van der Waals surface area contributed by atoms with Gasteiger partial charge in [0.1, 0.15) is 5.75 Å². The summed E-state index contributed by atoms with van der Waals surface area (Å²) in [5.74, 6) is 0.237. The van der Waals surface area contributed by atoms with E-state index in [1.807, 2.05) is 4.90 Å². The van der Waals surface area contributed by atoms with E-state index in [1.54, 1.807) is 55.5 Å². The van der Waals surface area contributed by atoms with Crippen molar-refractivity contribution in [2.75, 3.05) is 22.4 Å². The van der Waals surface area contributed by atoms with E-state index >= 15 is 0 Å². The van der Waals surface area contributed by atoms with Gasteiger partial charge in [0.15, 0.2) is 6.61 Å². The van der Waals surface area contributed by atoms with Crippen LogP contribution in [0, 0.1) is 0 Å². The maximum atomic E-state index is 12.6. The number of nitrogens with zero attached hydrogens (tertiary/aromatic N) is 1. The lowest BCUT2D eigenvalue weighted by molar-refractivity contribution is -0.139. The maximum Gasteiger partial charge on any atom is 0.260 e. The van der Waals surface area contributed by atoms with Crippen molar-refractivity contribution in [3.05, 3.63) is 54.1 Å². The first-order valence-corrected chi connectivity index (χ1v) is 13.3. The SMILES string of the molecule is CCCS(=O)(=O)Nc1ccc(NC(=O)c2ccc(OCC(=O)N3C(C)CCCC3C)cc2)cc1. The quantitative estimate of drug-likeness (QED) is 0.550. The molecule has 0 aromatic heterocycles. The number of hydrogen-bond donors (Lipinski definition) is 2. The topological polar surface area (TPSA) is 105 Å². The molecule has 0 spiro atoms. The number of likely N-dealkylation sites (tertiary alicyclic amines) is 1. The molecule has 184 valence electrons. The van der Waals surface area contributed by atoms with E-state index in [2.05, 4.69) is 23.9 Å². The molecular formula is C25H33N3O5S. The first-order valence-electron chi connectivity index (χ1n) is 11.6. The standard InChI is InChI=1S/C25H33N3O5S/c1-4-16-34(31,32)27-22-12-10-21(11-13-22)26-25(30)20-8-14-23(15-9-20)33-17-24(29)28-18(2)6-5-7-19(28)3/h8-15,18-19,27H,4-7,16-17H2,1-3H3,(H,26,30). The molecule has 1 saturated heterocycles. The molecule has 0 aliphatic carbocycles. The van der Waals surface area contributed by atoms with Crippen molar-refractivity contribution in [1.29, 1.82) is 0 Å². The highest BCUT2D eigenvalue weighted by molar-refractivity contribution is 7.92. The van der Waals surface area contributed by atoms with Crippen LogP contribution in [0.15, 0.2) is 48.5 Å². The fraction of sp³-hybridized carbons (Fsp3) is 0.440. The predicted molar refractivity (Wildman–Crippen MR) is 134 cm³/mol. The second-order valence-electron chi connectivity index (χ2n) is 8.70. The van der Waals surface area contributed by atoms with Crippen molar-refractivity contribution in [3.63, 3.8) is 0 Å². The molecular weight excluding hydrogens is 454 g/mol. The smallest absolute Gasteiger partial charge is 0.260 e. The van der Waals surface area contributed by atoms with E-state index in [0.29, 0.717) is 29.1 Å². The van der Waals surface area contributed by atoms with E-state index in [4.69, 9.17) is 4.74 Å². The monoisotopic (exact) mass is 487 g/mol. The lowest BCUT2D eigenvalue weighted by Crippen LogP contribution is -2.49. The van der Waals surface area contributed by atoms with E-state index < -0.39 is 10.0 Å². The number of sulfonamides is 1. The number of carbonyl (C=O) groups excluding carboxylic acids is 2. The normalized spacial score (nSPS) is 18.3. The molecule has 8 nitrogen and oxygen atoms in total. The van der Waals surface area contributed by atoms with Crippen LogP contribution in [-0.4, -0.2) is 49.6 Å². The molecule has 2 N–H and O–H groups in total. The number of anilines is 2. The van der Waals surface area contributed by atoms with Gasteiger partial charge in [-0.3, -0.25) is 14.3 Å². The number of ether oxygens (including phenoxy) is 1. The van der Waals surface area contributed by atoms with Crippen molar-refractivity contribution in [2.24, 2.45) is 0 Å². The Hall–Kier alpha value is -3.07. The Kier molecular flexibility index (Phi) is 8.55. The van der Waals surface area contributed by atoms with Crippen LogP contribution in [0.2, 0.25) is 0 Å². The minimum atomic E-state index is -3.36. The fourth-order valence-electron chi connectivity index (χ4n) is 4.16. The molecule has 0 radical (unpaired) electrons. The van der Waals surface area contributed by atoms with Crippen molar-refractivity contribution in [1.82, 2.24) is 4.90 Å². The summed E-state index contributed by atoms with van der Waals surface area (Å²) in [7, 11) is -3.36. The minimum absolute atomic E-state index is 0.0260. The Morgan fingerprint density at radius 3 is 2.15 bits per heavy atom. The molecule has 2 aromatic carbocycles. The Morgan fingerprint density at radius 1 is 0.971 bits per heavy atom. The van der Waals surface area contributed by atoms with Crippen molar-refractivity contribution in [2.45, 2.75) is 58.5 Å². The predicted octanol–water partition coefficient (Wildman–Crippen LogP) is 4.26. The van der Waals surface area contributed by atoms with Crippen LogP contribution in [0.5, 0.6) is 5.75 Å². The van der Waals surface area contributed by atoms with Gasteiger partial charge >= 0.3 is 0 Å². The Labute approximate surface area is 201 Å². The summed E-state index contributed by atoms with van der Waals surface area (Å²) < 4.78 is 31.9. The van der Waals surface area contributed by atoms with Gasteiger partial charge in [-0.15, -0.1) is 0 Å². The van der Waals surface area contributed by atoms with Crippen molar-refractivity contribution in [3.8, 4) is 5.75 Å². The molecule has 2 aromatic rings. The van der Waals surface area contributed by atoms with Gasteiger partial charge in [0.25, 0.3) is 11.8 Å². The van der Waals surface area contributed by atoms with Crippen LogP contribution in [0.3, 0.4) is 0 Å². The summed E-state index contributed by atoms with van der Waals surface area (Å²) in [4.78, 5) is 27.1. The van der Waals surface area contributed by atoms with E-state index in [0.717, 1.165) is 19.3 Å². The van der Waals surface area contributed by atoms with Crippen LogP contribution in [0.1, 0.15) is 56.8 Å². The lowest BCUT2D eigenvalue weighted by atomic mass is 9.97. The average molecular weight is 488 g/mol. The molecule has 1 aliphatic rings. The van der Waals surface area contributed by atoms with Gasteiger partial charge in [-0.2, -0.15) is 0 Å². The maximum absolute atomic E-state index is 12.6. The number of piperidine rings is 1. The summed E-state index contributed by atoms with van der Waals surface area (Å²) in [6.45, 7) is 5.90. The second-order valence-corrected chi connectivity index (χ2v) is 10.5. The summed E-state index contributed by atoms with van der Waals surface area (Å²) in [6.07, 6.45) is 3.69. The van der Waals surface area contributed by atoms with Gasteiger partial charge in [0.2, 0.25) is 10.0 Å². The number of nitrogens with one attached hydrogen (secondary N) is 2. The molecule has 0 saturated carbocycles. The second kappa shape index (κ2) is 11.4. The molecule has 9 heteroatoms. The van der Waals surface area contributed by atoms with Crippen molar-refractivity contribution < 1.29 is 22.7 Å². The van der Waals surface area contributed by atoms with Crippen LogP contribution in [0.25, 0.3) is 0 Å². The van der Waals surface area contributed by atoms with Gasteiger partial charge in [-0.1, -0.05) is 6.92 Å². The van der Waals surface area contributed by atoms with Crippen LogP contribution < -0.4 is 14.8 Å². The molecule has 1 heterocycles. The number of carbonyl (C=O) groups is 2. The highest BCUT2D eigenvalue weighted by atomic mass is 32.2. The largest absolute Gasteiger partial charge is 0.484 e.